The molecule has 0 spiro atoms. The van der Waals surface area contributed by atoms with E-state index < -0.39 is 0 Å². The topological polar surface area (TPSA) is 13.1 Å². The minimum absolute atomic E-state index is 0.483. The van der Waals surface area contributed by atoms with Crippen molar-refractivity contribution in [2.45, 2.75) is 19.8 Å². The molecule has 1 aromatic carbocycles. The summed E-state index contributed by atoms with van der Waals surface area (Å²) in [4.78, 5) is 0. The summed E-state index contributed by atoms with van der Waals surface area (Å²) in [5.74, 6) is 2.42. The quantitative estimate of drug-likeness (QED) is 0.680. The van der Waals surface area contributed by atoms with Gasteiger partial charge in [-0.3, -0.25) is 0 Å². The Balaban J connectivity index is 2.20. The monoisotopic (exact) mass is 210 g/mol. The van der Waals surface area contributed by atoms with Gasteiger partial charge in [0, 0.05) is 11.5 Å². The van der Waals surface area contributed by atoms with Crippen LogP contribution in [0.3, 0.4) is 0 Å². The highest BCUT2D eigenvalue weighted by atomic mass is 16.3. The van der Waals surface area contributed by atoms with Crippen LogP contribution < -0.4 is 0 Å². The second-order valence-electron chi connectivity index (χ2n) is 4.37. The number of furan rings is 1. The maximum absolute atomic E-state index is 5.72. The molecule has 1 nitrogen and oxygen atoms in total. The predicted molar refractivity (Wildman–Crippen MR) is 66.3 cm³/mol. The highest BCUT2D eigenvalue weighted by Gasteiger charge is 2.18. The molecule has 0 radical (unpaired) electrons. The number of rotatable bonds is 1. The fourth-order valence-electron chi connectivity index (χ4n) is 2.37. The minimum Gasteiger partial charge on any atom is -0.461 e. The lowest BCUT2D eigenvalue weighted by Gasteiger charge is -2.10. The van der Waals surface area contributed by atoms with E-state index in [4.69, 9.17) is 4.42 Å². The second-order valence-corrected chi connectivity index (χ2v) is 4.37. The van der Waals surface area contributed by atoms with Gasteiger partial charge in [-0.2, -0.15) is 0 Å². The summed E-state index contributed by atoms with van der Waals surface area (Å²) in [6.07, 6.45) is 4.43. The fraction of sp³-hybridized carbons (Fsp3) is 0.200. The van der Waals surface area contributed by atoms with Gasteiger partial charge in [-0.05, 0) is 30.2 Å². The Bertz CT molecular complexity index is 561. The lowest BCUT2D eigenvalue weighted by atomic mass is 9.95. The van der Waals surface area contributed by atoms with E-state index in [9.17, 15) is 0 Å². The second kappa shape index (κ2) is 3.38. The van der Waals surface area contributed by atoms with Gasteiger partial charge < -0.3 is 4.42 Å². The third-order valence-corrected chi connectivity index (χ3v) is 3.17. The van der Waals surface area contributed by atoms with Crippen molar-refractivity contribution >= 4 is 6.08 Å². The number of hydrogen-bond donors (Lipinski definition) is 0. The molecule has 1 heterocycles. The Morgan fingerprint density at radius 1 is 1.12 bits per heavy atom. The molecule has 0 bridgehead atoms. The van der Waals surface area contributed by atoms with Crippen molar-refractivity contribution in [1.29, 1.82) is 0 Å². The van der Waals surface area contributed by atoms with E-state index in [1.807, 2.05) is 13.0 Å². The smallest absolute Gasteiger partial charge is 0.134 e. The number of hydrogen-bond acceptors (Lipinski definition) is 1. The van der Waals surface area contributed by atoms with Crippen LogP contribution >= 0.6 is 0 Å². The van der Waals surface area contributed by atoms with Gasteiger partial charge in [-0.1, -0.05) is 37.3 Å². The lowest BCUT2D eigenvalue weighted by molar-refractivity contribution is 0.547. The largest absolute Gasteiger partial charge is 0.461 e. The van der Waals surface area contributed by atoms with Gasteiger partial charge in [0.15, 0.2) is 0 Å². The zero-order valence-corrected chi connectivity index (χ0v) is 9.53. The molecule has 0 fully saturated rings. The summed E-state index contributed by atoms with van der Waals surface area (Å²) in [6, 6.07) is 10.5. The van der Waals surface area contributed by atoms with E-state index in [2.05, 4.69) is 43.3 Å². The standard InChI is InChI=1S/C15H14O/c1-10-6-8-12-4-3-5-13(15(10)12)14-9-7-11(2)16-14/h3-10H,1-2H3. The summed E-state index contributed by atoms with van der Waals surface area (Å²) < 4.78 is 5.72. The number of aryl methyl sites for hydroxylation is 1. The van der Waals surface area contributed by atoms with Gasteiger partial charge in [-0.25, -0.2) is 0 Å². The van der Waals surface area contributed by atoms with Gasteiger partial charge >= 0.3 is 0 Å². The summed E-state index contributed by atoms with van der Waals surface area (Å²) in [5, 5.41) is 0. The summed E-state index contributed by atoms with van der Waals surface area (Å²) in [5.41, 5.74) is 3.93. The molecular formula is C15H14O. The number of allylic oxidation sites excluding steroid dienone is 1. The van der Waals surface area contributed by atoms with Crippen LogP contribution in [-0.4, -0.2) is 0 Å². The van der Waals surface area contributed by atoms with Crippen LogP contribution in [0, 0.1) is 6.92 Å². The molecule has 1 atom stereocenters. The highest BCUT2D eigenvalue weighted by molar-refractivity contribution is 5.74. The van der Waals surface area contributed by atoms with E-state index in [0.717, 1.165) is 11.5 Å². The first-order valence-corrected chi connectivity index (χ1v) is 5.63. The summed E-state index contributed by atoms with van der Waals surface area (Å²) in [7, 11) is 0. The maximum Gasteiger partial charge on any atom is 0.134 e. The molecule has 0 aliphatic heterocycles. The number of benzene rings is 1. The molecule has 1 aliphatic rings. The first-order valence-electron chi connectivity index (χ1n) is 5.63. The Labute approximate surface area is 95.4 Å². The normalized spacial score (nSPS) is 17.8. The van der Waals surface area contributed by atoms with Crippen LogP contribution in [0.25, 0.3) is 17.4 Å². The van der Waals surface area contributed by atoms with Crippen LogP contribution in [0.2, 0.25) is 0 Å². The van der Waals surface area contributed by atoms with E-state index >= 15 is 0 Å². The van der Waals surface area contributed by atoms with Gasteiger partial charge in [0.1, 0.15) is 11.5 Å². The first-order chi connectivity index (χ1) is 7.75. The molecule has 0 saturated heterocycles. The maximum atomic E-state index is 5.72. The Hall–Kier alpha value is -1.76. The van der Waals surface area contributed by atoms with Crippen molar-refractivity contribution in [2.75, 3.05) is 0 Å². The molecule has 80 valence electrons. The third kappa shape index (κ3) is 1.32. The molecule has 2 aromatic rings. The minimum atomic E-state index is 0.483. The molecule has 3 rings (SSSR count). The van der Waals surface area contributed by atoms with E-state index in [0.29, 0.717) is 5.92 Å². The van der Waals surface area contributed by atoms with Crippen LogP contribution in [0.1, 0.15) is 29.7 Å². The van der Waals surface area contributed by atoms with Crippen LogP contribution in [-0.2, 0) is 0 Å². The molecule has 16 heavy (non-hydrogen) atoms. The third-order valence-electron chi connectivity index (χ3n) is 3.17. The molecule has 1 aliphatic carbocycles. The zero-order valence-electron chi connectivity index (χ0n) is 9.53. The van der Waals surface area contributed by atoms with Crippen LogP contribution in [0.5, 0.6) is 0 Å². The van der Waals surface area contributed by atoms with E-state index in [1.54, 1.807) is 0 Å². The molecule has 0 N–H and O–H groups in total. The van der Waals surface area contributed by atoms with Crippen LogP contribution in [0.15, 0.2) is 40.8 Å². The molecule has 0 amide bonds. The average molecular weight is 210 g/mol. The van der Waals surface area contributed by atoms with Crippen LogP contribution in [0.4, 0.5) is 0 Å². The summed E-state index contributed by atoms with van der Waals surface area (Å²) in [6.45, 7) is 4.20. The highest BCUT2D eigenvalue weighted by Crippen LogP contribution is 2.38. The predicted octanol–water partition coefficient (Wildman–Crippen LogP) is 4.39. The Kier molecular flexibility index (Phi) is 2.00. The van der Waals surface area contributed by atoms with Gasteiger partial charge in [0.25, 0.3) is 0 Å². The van der Waals surface area contributed by atoms with Gasteiger partial charge in [0.05, 0.1) is 0 Å². The number of fused-ring (bicyclic) bond motifs is 1. The van der Waals surface area contributed by atoms with Crippen molar-refractivity contribution in [3.8, 4) is 11.3 Å². The molecular weight excluding hydrogens is 196 g/mol. The first kappa shape index (κ1) is 9.46. The van der Waals surface area contributed by atoms with Crippen molar-refractivity contribution in [2.24, 2.45) is 0 Å². The Morgan fingerprint density at radius 3 is 2.75 bits per heavy atom. The van der Waals surface area contributed by atoms with Crippen molar-refractivity contribution < 1.29 is 4.42 Å². The molecule has 1 aromatic heterocycles. The van der Waals surface area contributed by atoms with Crippen molar-refractivity contribution in [3.63, 3.8) is 0 Å². The lowest BCUT2D eigenvalue weighted by Crippen LogP contribution is -1.91. The Morgan fingerprint density at radius 2 is 2.00 bits per heavy atom. The summed E-state index contributed by atoms with van der Waals surface area (Å²) >= 11 is 0. The fourth-order valence-corrected chi connectivity index (χ4v) is 2.37. The van der Waals surface area contributed by atoms with Gasteiger partial charge in [0.2, 0.25) is 0 Å². The SMILES string of the molecule is Cc1ccc(-c2cccc3c2C(C)C=C3)o1. The molecule has 1 heteroatoms. The van der Waals surface area contributed by atoms with Crippen molar-refractivity contribution in [1.82, 2.24) is 0 Å². The van der Waals surface area contributed by atoms with E-state index in [-0.39, 0.29) is 0 Å². The van der Waals surface area contributed by atoms with E-state index in [1.165, 1.54) is 16.7 Å². The van der Waals surface area contributed by atoms with Gasteiger partial charge in [-0.15, -0.1) is 0 Å². The molecule has 1 unspecified atom stereocenters. The molecule has 0 saturated carbocycles. The average Bonchev–Trinajstić information content (AvgIpc) is 2.86. The van der Waals surface area contributed by atoms with Crippen molar-refractivity contribution in [3.05, 3.63) is 53.3 Å². The zero-order chi connectivity index (χ0) is 11.1.